The van der Waals surface area contributed by atoms with Crippen LogP contribution in [-0.4, -0.2) is 52.9 Å². The predicted molar refractivity (Wildman–Crippen MR) is 152 cm³/mol. The molecule has 40 heavy (non-hydrogen) atoms. The van der Waals surface area contributed by atoms with Gasteiger partial charge in [-0.15, -0.1) is 11.8 Å². The number of fused-ring (bicyclic) bond motifs is 1. The number of amides is 1. The molecule has 2 aliphatic carbocycles. The Balaban J connectivity index is 1.26. The lowest BCUT2D eigenvalue weighted by Crippen LogP contribution is -2.54. The number of aryl methyl sites for hydroxylation is 1. The van der Waals surface area contributed by atoms with Gasteiger partial charge in [0.05, 0.1) is 5.02 Å². The number of alkyl halides is 2. The maximum atomic E-state index is 13.4. The van der Waals surface area contributed by atoms with Crippen molar-refractivity contribution in [1.29, 1.82) is 0 Å². The number of pyridine rings is 1. The van der Waals surface area contributed by atoms with Gasteiger partial charge in [0.2, 0.25) is 0 Å². The number of carbonyl (C=O) groups is 1. The molecule has 218 valence electrons. The molecule has 2 heterocycles. The second-order valence-electron chi connectivity index (χ2n) is 11.5. The number of thioether (sulfide) groups is 1. The molecule has 0 bridgehead atoms. The molecule has 2 N–H and O–H groups in total. The van der Waals surface area contributed by atoms with Gasteiger partial charge in [0, 0.05) is 71.6 Å². The summed E-state index contributed by atoms with van der Waals surface area (Å²) in [6.45, 7) is 5.59. The monoisotopic (exact) mass is 595 g/mol. The van der Waals surface area contributed by atoms with Gasteiger partial charge >= 0.3 is 0 Å². The summed E-state index contributed by atoms with van der Waals surface area (Å²) in [4.78, 5) is 31.4. The number of aromatic amines is 1. The van der Waals surface area contributed by atoms with Crippen LogP contribution in [0.4, 0.5) is 8.78 Å². The fourth-order valence-corrected chi connectivity index (χ4v) is 7.21. The van der Waals surface area contributed by atoms with E-state index in [4.69, 9.17) is 21.1 Å². The summed E-state index contributed by atoms with van der Waals surface area (Å²) in [6, 6.07) is 3.67. The summed E-state index contributed by atoms with van der Waals surface area (Å²) in [5.74, 6) is -2.87. The number of hydrogen-bond acceptors (Lipinski definition) is 6. The zero-order valence-corrected chi connectivity index (χ0v) is 25.0. The Morgan fingerprint density at radius 3 is 2.42 bits per heavy atom. The maximum absolute atomic E-state index is 13.4. The van der Waals surface area contributed by atoms with Crippen LogP contribution in [0.25, 0.3) is 0 Å². The molecule has 2 fully saturated rings. The molecular weight excluding hydrogens is 560 g/mol. The molecule has 1 aliphatic heterocycles. The SMILES string of the molecule is CSc1cc(C)[nH]c(=O)c1CNC(=O)c1cc(Cl)c2c(c1C)O[C@@](C)(C1CCC(N(C)C3CC(F)(F)C3)CC1)O2. The second-order valence-corrected chi connectivity index (χ2v) is 12.8. The average molecular weight is 596 g/mol. The van der Waals surface area contributed by atoms with Crippen molar-refractivity contribution in [1.82, 2.24) is 15.2 Å². The van der Waals surface area contributed by atoms with E-state index in [0.717, 1.165) is 36.3 Å². The highest BCUT2D eigenvalue weighted by molar-refractivity contribution is 7.98. The summed E-state index contributed by atoms with van der Waals surface area (Å²) in [5.41, 5.74) is 1.99. The summed E-state index contributed by atoms with van der Waals surface area (Å²) >= 11 is 8.05. The van der Waals surface area contributed by atoms with Crippen LogP contribution in [0.2, 0.25) is 5.02 Å². The van der Waals surface area contributed by atoms with Gasteiger partial charge in [0.1, 0.15) is 0 Å². The minimum atomic E-state index is -2.52. The summed E-state index contributed by atoms with van der Waals surface area (Å²) in [6.07, 6.45) is 5.17. The minimum absolute atomic E-state index is 0.0573. The van der Waals surface area contributed by atoms with Gasteiger partial charge in [-0.25, -0.2) is 8.78 Å². The lowest BCUT2D eigenvalue weighted by molar-refractivity contribution is -0.141. The normalized spacial score (nSPS) is 25.6. The van der Waals surface area contributed by atoms with Crippen molar-refractivity contribution < 1.29 is 23.0 Å². The van der Waals surface area contributed by atoms with Gasteiger partial charge in [0.25, 0.3) is 23.2 Å². The standard InChI is InChI=1S/C29H36ClF2N3O4S/c1-15-10-23(40-5)21(27(37)34-15)14-33-26(36)20-11-22(30)25-24(16(20)2)38-28(3,39-25)17-6-8-18(9-7-17)35(4)19-12-29(31,32)13-19/h10-11,17-19H,6-9,12-14H2,1-5H3,(H,33,36)(H,34,37)/t17?,18?,28-/m1/s1. The van der Waals surface area contributed by atoms with Gasteiger partial charge in [-0.2, -0.15) is 0 Å². The fraction of sp³-hybridized carbons (Fsp3) is 0.586. The van der Waals surface area contributed by atoms with Crippen molar-refractivity contribution in [3.05, 3.63) is 49.9 Å². The number of hydrogen-bond donors (Lipinski definition) is 2. The number of aromatic nitrogens is 1. The van der Waals surface area contributed by atoms with Crippen molar-refractivity contribution in [2.24, 2.45) is 5.92 Å². The zero-order chi connectivity index (χ0) is 29.0. The third-order valence-electron chi connectivity index (χ3n) is 8.83. The molecule has 7 nitrogen and oxygen atoms in total. The number of halogens is 3. The first-order chi connectivity index (χ1) is 18.8. The fourth-order valence-electron chi connectivity index (χ4n) is 6.27. The first-order valence-electron chi connectivity index (χ1n) is 13.7. The van der Waals surface area contributed by atoms with Gasteiger partial charge in [-0.3, -0.25) is 9.59 Å². The van der Waals surface area contributed by atoms with Crippen LogP contribution in [0.15, 0.2) is 21.8 Å². The molecule has 0 unspecified atom stereocenters. The van der Waals surface area contributed by atoms with Crippen LogP contribution in [0.1, 0.15) is 72.6 Å². The molecule has 1 aromatic carbocycles. The Morgan fingerprint density at radius 1 is 1.15 bits per heavy atom. The van der Waals surface area contributed by atoms with Crippen LogP contribution >= 0.6 is 23.4 Å². The van der Waals surface area contributed by atoms with Crippen molar-refractivity contribution in [2.75, 3.05) is 13.3 Å². The Labute approximate surface area is 242 Å². The number of rotatable bonds is 7. The number of carbonyl (C=O) groups excluding carboxylic acids is 1. The first-order valence-corrected chi connectivity index (χ1v) is 15.3. The van der Waals surface area contributed by atoms with Gasteiger partial charge < -0.3 is 24.7 Å². The molecule has 1 amide bonds. The van der Waals surface area contributed by atoms with Crippen molar-refractivity contribution in [2.45, 2.75) is 94.5 Å². The summed E-state index contributed by atoms with van der Waals surface area (Å²) in [5, 5.41) is 3.14. The van der Waals surface area contributed by atoms with Crippen LogP contribution in [-0.2, 0) is 6.54 Å². The van der Waals surface area contributed by atoms with Crippen molar-refractivity contribution in [3.63, 3.8) is 0 Å². The largest absolute Gasteiger partial charge is 0.448 e. The van der Waals surface area contributed by atoms with E-state index in [1.165, 1.54) is 11.8 Å². The van der Waals surface area contributed by atoms with Gasteiger partial charge in [-0.1, -0.05) is 11.6 Å². The molecule has 2 saturated carbocycles. The van der Waals surface area contributed by atoms with E-state index < -0.39 is 11.7 Å². The Hall–Kier alpha value is -2.30. The number of nitrogens with one attached hydrogen (secondary N) is 2. The highest BCUT2D eigenvalue weighted by Crippen LogP contribution is 2.52. The van der Waals surface area contributed by atoms with E-state index in [0.29, 0.717) is 28.2 Å². The van der Waals surface area contributed by atoms with Crippen LogP contribution in [0, 0.1) is 19.8 Å². The molecule has 0 radical (unpaired) electrons. The molecule has 11 heteroatoms. The van der Waals surface area contributed by atoms with Crippen LogP contribution in [0.3, 0.4) is 0 Å². The van der Waals surface area contributed by atoms with Crippen molar-refractivity contribution >= 4 is 29.3 Å². The van der Waals surface area contributed by atoms with Crippen LogP contribution in [0.5, 0.6) is 11.5 Å². The van der Waals surface area contributed by atoms with Crippen LogP contribution < -0.4 is 20.3 Å². The number of nitrogens with zero attached hydrogens (tertiary/aromatic N) is 1. The Bertz CT molecular complexity index is 1370. The number of benzene rings is 1. The van der Waals surface area contributed by atoms with E-state index >= 15 is 0 Å². The molecular formula is C29H36ClF2N3O4S. The maximum Gasteiger partial charge on any atom is 0.254 e. The highest BCUT2D eigenvalue weighted by Gasteiger charge is 2.51. The topological polar surface area (TPSA) is 83.7 Å². The molecule has 0 spiro atoms. The highest BCUT2D eigenvalue weighted by atomic mass is 35.5. The third kappa shape index (κ3) is 5.46. The molecule has 2 aromatic rings. The molecule has 0 saturated heterocycles. The van der Waals surface area contributed by atoms with E-state index in [9.17, 15) is 18.4 Å². The second kappa shape index (κ2) is 10.8. The minimum Gasteiger partial charge on any atom is -0.448 e. The molecule has 1 atom stereocenters. The first kappa shape index (κ1) is 29.2. The smallest absolute Gasteiger partial charge is 0.254 e. The predicted octanol–water partition coefficient (Wildman–Crippen LogP) is 6.07. The summed E-state index contributed by atoms with van der Waals surface area (Å²) in [7, 11) is 1.96. The van der Waals surface area contributed by atoms with Gasteiger partial charge in [-0.05, 0) is 65.0 Å². The van der Waals surface area contributed by atoms with E-state index in [1.807, 2.05) is 33.2 Å². The third-order valence-corrected chi connectivity index (χ3v) is 9.91. The Kier molecular flexibility index (Phi) is 7.91. The quantitative estimate of drug-likeness (QED) is 0.378. The Morgan fingerprint density at radius 2 is 1.80 bits per heavy atom. The number of ether oxygens (including phenoxy) is 2. The van der Waals surface area contributed by atoms with E-state index in [-0.39, 0.29) is 53.9 Å². The van der Waals surface area contributed by atoms with Crippen molar-refractivity contribution in [3.8, 4) is 11.5 Å². The average Bonchev–Trinajstić information content (AvgIpc) is 3.27. The lowest BCUT2D eigenvalue weighted by Gasteiger charge is -2.47. The molecule has 5 rings (SSSR count). The summed E-state index contributed by atoms with van der Waals surface area (Å²) < 4.78 is 39.5. The molecule has 1 aromatic heterocycles. The van der Waals surface area contributed by atoms with E-state index in [2.05, 4.69) is 15.2 Å². The lowest BCUT2D eigenvalue weighted by atomic mass is 9.79. The zero-order valence-electron chi connectivity index (χ0n) is 23.5. The molecule has 3 aliphatic rings. The van der Waals surface area contributed by atoms with Gasteiger partial charge in [0.15, 0.2) is 11.5 Å². The van der Waals surface area contributed by atoms with E-state index in [1.54, 1.807) is 13.0 Å². The number of H-pyrrole nitrogens is 1.